The van der Waals surface area contributed by atoms with Crippen LogP contribution in [0.3, 0.4) is 0 Å². The topological polar surface area (TPSA) is 76.8 Å². The van der Waals surface area contributed by atoms with Gasteiger partial charge in [-0.3, -0.25) is 9.59 Å². The number of furan rings is 1. The van der Waals surface area contributed by atoms with E-state index in [-0.39, 0.29) is 10.7 Å². The Kier molecular flexibility index (Phi) is 3.80. The number of imide groups is 3. The second-order valence-corrected chi connectivity index (χ2v) is 5.21. The van der Waals surface area contributed by atoms with E-state index >= 15 is 0 Å². The van der Waals surface area contributed by atoms with Gasteiger partial charge in [0.05, 0.1) is 11.2 Å². The minimum Gasteiger partial charge on any atom is -0.465 e. The van der Waals surface area contributed by atoms with Crippen molar-refractivity contribution in [2.24, 2.45) is 0 Å². The van der Waals surface area contributed by atoms with Crippen molar-refractivity contribution in [3.05, 3.63) is 59.4 Å². The number of amides is 3. The van der Waals surface area contributed by atoms with Gasteiger partial charge in [-0.05, 0) is 36.0 Å². The van der Waals surface area contributed by atoms with Gasteiger partial charge in [-0.1, -0.05) is 18.2 Å². The number of hydrogen-bond donors (Lipinski definition) is 0. The maximum atomic E-state index is 12.1. The molecule has 3 rings (SSSR count). The summed E-state index contributed by atoms with van der Waals surface area (Å²) in [7, 11) is 0. The lowest BCUT2D eigenvalue weighted by Crippen LogP contribution is -2.37. The number of thioether (sulfide) groups is 1. The molecule has 0 atom stereocenters. The van der Waals surface area contributed by atoms with Crippen LogP contribution < -0.4 is 4.74 Å². The Morgan fingerprint density at radius 2 is 1.91 bits per heavy atom. The fourth-order valence-corrected chi connectivity index (χ4v) is 2.55. The zero-order valence-corrected chi connectivity index (χ0v) is 11.9. The molecule has 2 heterocycles. The van der Waals surface area contributed by atoms with Gasteiger partial charge < -0.3 is 9.15 Å². The number of carbonyl (C=O) groups excluding carboxylic acids is 3. The predicted molar refractivity (Wildman–Crippen MR) is 79.0 cm³/mol. The normalized spacial score (nSPS) is 16.4. The molecule has 0 saturated carbocycles. The highest BCUT2D eigenvalue weighted by Gasteiger charge is 2.41. The third kappa shape index (κ3) is 2.79. The monoisotopic (exact) mass is 315 g/mol. The molecule has 0 bridgehead atoms. The fraction of sp³-hybridized carbons (Fsp3) is 0. The van der Waals surface area contributed by atoms with Crippen molar-refractivity contribution >= 4 is 35.1 Å². The van der Waals surface area contributed by atoms with E-state index in [1.807, 2.05) is 0 Å². The second-order valence-electron chi connectivity index (χ2n) is 4.21. The third-order valence-corrected chi connectivity index (χ3v) is 3.61. The smallest absolute Gasteiger partial charge is 0.430 e. The number of benzene rings is 1. The van der Waals surface area contributed by atoms with Crippen molar-refractivity contribution in [3.63, 3.8) is 0 Å². The number of hydrogen-bond acceptors (Lipinski definition) is 6. The van der Waals surface area contributed by atoms with Crippen molar-refractivity contribution in [2.45, 2.75) is 0 Å². The van der Waals surface area contributed by atoms with Crippen molar-refractivity contribution in [2.75, 3.05) is 0 Å². The highest BCUT2D eigenvalue weighted by molar-refractivity contribution is 8.18. The van der Waals surface area contributed by atoms with Gasteiger partial charge in [-0.25, -0.2) is 4.79 Å². The van der Waals surface area contributed by atoms with Crippen molar-refractivity contribution in [1.29, 1.82) is 0 Å². The highest BCUT2D eigenvalue weighted by Crippen LogP contribution is 2.32. The van der Waals surface area contributed by atoms with Crippen LogP contribution >= 0.6 is 11.8 Å². The zero-order chi connectivity index (χ0) is 15.5. The second kappa shape index (κ2) is 5.90. The Morgan fingerprint density at radius 3 is 2.59 bits per heavy atom. The average Bonchev–Trinajstić information content (AvgIpc) is 3.09. The van der Waals surface area contributed by atoms with E-state index in [0.29, 0.717) is 22.4 Å². The zero-order valence-electron chi connectivity index (χ0n) is 11.1. The molecule has 1 aliphatic heterocycles. The van der Waals surface area contributed by atoms with Gasteiger partial charge >= 0.3 is 11.3 Å². The summed E-state index contributed by atoms with van der Waals surface area (Å²) in [5, 5.41) is -0.705. The largest absolute Gasteiger partial charge is 0.465 e. The lowest BCUT2D eigenvalue weighted by atomic mass is 10.3. The molecule has 1 fully saturated rings. The quantitative estimate of drug-likeness (QED) is 0.789. The molecule has 1 aromatic heterocycles. The van der Waals surface area contributed by atoms with Crippen LogP contribution in [0.2, 0.25) is 0 Å². The van der Waals surface area contributed by atoms with E-state index in [1.54, 1.807) is 42.5 Å². The van der Waals surface area contributed by atoms with Gasteiger partial charge in [0, 0.05) is 6.08 Å². The van der Waals surface area contributed by atoms with Crippen LogP contribution in [0.25, 0.3) is 6.08 Å². The van der Waals surface area contributed by atoms with Crippen molar-refractivity contribution in [3.8, 4) is 5.75 Å². The van der Waals surface area contributed by atoms with Crippen LogP contribution in [0.5, 0.6) is 5.75 Å². The van der Waals surface area contributed by atoms with E-state index in [4.69, 9.17) is 9.15 Å². The lowest BCUT2D eigenvalue weighted by Gasteiger charge is -2.10. The van der Waals surface area contributed by atoms with E-state index in [1.165, 1.54) is 12.3 Å². The molecule has 7 heteroatoms. The molecular formula is C15H9NO5S. The standard InChI is InChI=1S/C15H9NO5S/c17-13-12(9-11-7-4-8-20-11)22-15(19)16(13)14(18)21-10-5-2-1-3-6-10/h1-9H/b12-9+. The van der Waals surface area contributed by atoms with Crippen LogP contribution in [-0.4, -0.2) is 22.1 Å². The highest BCUT2D eigenvalue weighted by atomic mass is 32.2. The van der Waals surface area contributed by atoms with Gasteiger partial charge in [0.1, 0.15) is 11.5 Å². The molecule has 1 aliphatic rings. The van der Waals surface area contributed by atoms with Crippen molar-refractivity contribution in [1.82, 2.24) is 4.90 Å². The Bertz CT molecular complexity index is 752. The summed E-state index contributed by atoms with van der Waals surface area (Å²) in [4.78, 5) is 36.5. The number of rotatable bonds is 2. The minimum atomic E-state index is -1.03. The van der Waals surface area contributed by atoms with E-state index in [0.717, 1.165) is 0 Å². The first-order valence-electron chi connectivity index (χ1n) is 6.23. The van der Waals surface area contributed by atoms with Gasteiger partial charge in [0.2, 0.25) is 0 Å². The van der Waals surface area contributed by atoms with Crippen LogP contribution in [0, 0.1) is 0 Å². The summed E-state index contributed by atoms with van der Waals surface area (Å²) >= 11 is 0.657. The molecular weight excluding hydrogens is 306 g/mol. The van der Waals surface area contributed by atoms with Gasteiger partial charge in [-0.2, -0.15) is 4.90 Å². The van der Waals surface area contributed by atoms with Crippen LogP contribution in [0.4, 0.5) is 9.59 Å². The molecule has 3 amide bonds. The Hall–Kier alpha value is -2.80. The molecule has 22 heavy (non-hydrogen) atoms. The Morgan fingerprint density at radius 1 is 1.14 bits per heavy atom. The summed E-state index contributed by atoms with van der Waals surface area (Å²) < 4.78 is 10.1. The maximum Gasteiger partial charge on any atom is 0.430 e. The summed E-state index contributed by atoms with van der Waals surface area (Å²) in [5.41, 5.74) is 0. The van der Waals surface area contributed by atoms with Gasteiger partial charge in [0.25, 0.3) is 5.91 Å². The van der Waals surface area contributed by atoms with Crippen LogP contribution in [0.1, 0.15) is 5.76 Å². The average molecular weight is 315 g/mol. The molecule has 1 saturated heterocycles. The number of nitrogens with zero attached hydrogens (tertiary/aromatic N) is 1. The van der Waals surface area contributed by atoms with E-state index < -0.39 is 17.2 Å². The maximum absolute atomic E-state index is 12.1. The molecule has 0 unspecified atom stereocenters. The molecule has 1 aromatic carbocycles. The van der Waals surface area contributed by atoms with E-state index in [2.05, 4.69) is 0 Å². The number of carbonyl (C=O) groups is 3. The molecule has 110 valence electrons. The first-order valence-corrected chi connectivity index (χ1v) is 7.05. The van der Waals surface area contributed by atoms with Gasteiger partial charge in [0.15, 0.2) is 0 Å². The SMILES string of the molecule is O=C(Oc1ccccc1)N1C(=O)S/C(=C/c2ccco2)C1=O. The molecule has 0 N–H and O–H groups in total. The minimum absolute atomic E-state index is 0.102. The summed E-state index contributed by atoms with van der Waals surface area (Å²) in [5.74, 6) is -0.0594. The lowest BCUT2D eigenvalue weighted by molar-refractivity contribution is -0.121. The van der Waals surface area contributed by atoms with Crippen LogP contribution in [0.15, 0.2) is 58.1 Å². The molecule has 2 aromatic rings. The molecule has 0 spiro atoms. The summed E-state index contributed by atoms with van der Waals surface area (Å²) in [6, 6.07) is 11.5. The predicted octanol–water partition coefficient (Wildman–Crippen LogP) is 3.51. The Balaban J connectivity index is 1.78. The summed E-state index contributed by atoms with van der Waals surface area (Å²) in [6.45, 7) is 0. The molecule has 0 aliphatic carbocycles. The fourth-order valence-electron chi connectivity index (χ4n) is 1.76. The number of para-hydroxylation sites is 1. The number of ether oxygens (including phenoxy) is 1. The first kappa shape index (κ1) is 14.2. The molecule has 6 nitrogen and oxygen atoms in total. The van der Waals surface area contributed by atoms with Gasteiger partial charge in [-0.15, -0.1) is 0 Å². The summed E-state index contributed by atoms with van der Waals surface area (Å²) in [6.07, 6.45) is 1.82. The third-order valence-electron chi connectivity index (χ3n) is 2.74. The Labute approximate surface area is 129 Å². The van der Waals surface area contributed by atoms with Crippen molar-refractivity contribution < 1.29 is 23.5 Å². The first-order chi connectivity index (χ1) is 10.6. The van der Waals surface area contributed by atoms with E-state index in [9.17, 15) is 14.4 Å². The van der Waals surface area contributed by atoms with Crippen LogP contribution in [-0.2, 0) is 4.79 Å². The molecule has 0 radical (unpaired) electrons.